The van der Waals surface area contributed by atoms with Gasteiger partial charge < -0.3 is 24.7 Å². The summed E-state index contributed by atoms with van der Waals surface area (Å²) in [5.41, 5.74) is 7.96. The van der Waals surface area contributed by atoms with Crippen LogP contribution in [-0.2, 0) is 20.9 Å². The van der Waals surface area contributed by atoms with Gasteiger partial charge in [-0.15, -0.1) is 0 Å². The molecule has 1 aliphatic heterocycles. The summed E-state index contributed by atoms with van der Waals surface area (Å²) in [6, 6.07) is 12.6. The average molecular weight is 355 g/mol. The van der Waals surface area contributed by atoms with Crippen molar-refractivity contribution in [1.29, 1.82) is 0 Å². The third-order valence-corrected chi connectivity index (χ3v) is 4.40. The van der Waals surface area contributed by atoms with Crippen LogP contribution in [0, 0.1) is 0 Å². The van der Waals surface area contributed by atoms with E-state index in [-0.39, 0.29) is 13.4 Å². The molecule has 26 heavy (non-hydrogen) atoms. The number of carbonyl (C=O) groups is 2. The molecule has 136 valence electrons. The van der Waals surface area contributed by atoms with E-state index in [1.807, 2.05) is 24.3 Å². The van der Waals surface area contributed by atoms with E-state index in [9.17, 15) is 9.59 Å². The second-order valence-corrected chi connectivity index (χ2v) is 5.95. The smallest absolute Gasteiger partial charge is 0.314 e. The fourth-order valence-corrected chi connectivity index (χ4v) is 3.05. The van der Waals surface area contributed by atoms with Crippen LogP contribution in [0.15, 0.2) is 42.5 Å². The van der Waals surface area contributed by atoms with Crippen molar-refractivity contribution in [1.82, 2.24) is 0 Å². The number of benzene rings is 2. The lowest BCUT2D eigenvalue weighted by Gasteiger charge is -2.22. The van der Waals surface area contributed by atoms with Crippen LogP contribution in [0.1, 0.15) is 35.4 Å². The highest BCUT2D eigenvalue weighted by atomic mass is 16.7. The summed E-state index contributed by atoms with van der Waals surface area (Å²) in [6.45, 7) is 2.52. The van der Waals surface area contributed by atoms with E-state index in [0.717, 1.165) is 17.4 Å². The summed E-state index contributed by atoms with van der Waals surface area (Å²) in [4.78, 5) is 24.6. The van der Waals surface area contributed by atoms with Crippen LogP contribution < -0.4 is 15.2 Å². The molecule has 0 radical (unpaired) electrons. The molecular formula is C20H21NO5. The Morgan fingerprint density at radius 2 is 1.85 bits per heavy atom. The Balaban J connectivity index is 2.00. The first-order valence-electron chi connectivity index (χ1n) is 8.48. The quantitative estimate of drug-likeness (QED) is 0.606. The van der Waals surface area contributed by atoms with Crippen molar-refractivity contribution in [2.24, 2.45) is 5.73 Å². The summed E-state index contributed by atoms with van der Waals surface area (Å²) in [5, 5.41) is 0. The van der Waals surface area contributed by atoms with Gasteiger partial charge in [-0.05, 0) is 35.7 Å². The molecule has 2 N–H and O–H groups in total. The highest BCUT2D eigenvalue weighted by Crippen LogP contribution is 2.39. The van der Waals surface area contributed by atoms with E-state index in [1.54, 1.807) is 25.1 Å². The van der Waals surface area contributed by atoms with E-state index in [2.05, 4.69) is 0 Å². The minimum absolute atomic E-state index is 0.139. The molecule has 0 aromatic heterocycles. The molecule has 1 aliphatic rings. The highest BCUT2D eigenvalue weighted by Gasteiger charge is 2.33. The Labute approximate surface area is 151 Å². The van der Waals surface area contributed by atoms with Crippen molar-refractivity contribution in [2.75, 3.05) is 13.4 Å². The minimum atomic E-state index is -0.773. The van der Waals surface area contributed by atoms with Gasteiger partial charge in [-0.2, -0.15) is 0 Å². The van der Waals surface area contributed by atoms with Crippen LogP contribution in [0.25, 0.3) is 0 Å². The van der Waals surface area contributed by atoms with Crippen molar-refractivity contribution < 1.29 is 23.8 Å². The Kier molecular flexibility index (Phi) is 5.53. The van der Waals surface area contributed by atoms with E-state index in [0.29, 0.717) is 23.6 Å². The molecule has 3 rings (SSSR count). The van der Waals surface area contributed by atoms with Crippen LogP contribution in [0.5, 0.6) is 11.5 Å². The summed E-state index contributed by atoms with van der Waals surface area (Å²) in [5.74, 6) is -0.732. The van der Waals surface area contributed by atoms with Crippen LogP contribution in [0.2, 0.25) is 0 Å². The van der Waals surface area contributed by atoms with Gasteiger partial charge in [0.05, 0.1) is 18.4 Å². The van der Waals surface area contributed by atoms with Gasteiger partial charge in [0.15, 0.2) is 11.5 Å². The molecule has 0 fully saturated rings. The maximum Gasteiger partial charge on any atom is 0.314 e. The molecule has 6 heteroatoms. The number of esters is 1. The summed E-state index contributed by atoms with van der Waals surface area (Å²) < 4.78 is 16.0. The Bertz CT molecular complexity index is 787. The third-order valence-electron chi connectivity index (χ3n) is 4.40. The predicted molar refractivity (Wildman–Crippen MR) is 95.1 cm³/mol. The van der Waals surface area contributed by atoms with Gasteiger partial charge in [-0.3, -0.25) is 4.79 Å². The molecule has 2 atom stereocenters. The number of carbonyl (C=O) groups excluding carboxylic acids is 2. The predicted octanol–water partition coefficient (Wildman–Crippen LogP) is 2.50. The van der Waals surface area contributed by atoms with Crippen molar-refractivity contribution in [2.45, 2.75) is 25.3 Å². The number of nitrogens with two attached hydrogens (primary N) is 1. The normalized spacial score (nSPS) is 14.5. The molecule has 0 saturated carbocycles. The van der Waals surface area contributed by atoms with Gasteiger partial charge in [-0.1, -0.05) is 30.3 Å². The first kappa shape index (κ1) is 17.9. The van der Waals surface area contributed by atoms with Gasteiger partial charge in [0.2, 0.25) is 6.79 Å². The molecule has 0 spiro atoms. The topological polar surface area (TPSA) is 87.9 Å². The largest absolute Gasteiger partial charge is 0.465 e. The molecule has 0 bridgehead atoms. The average Bonchev–Trinajstić information content (AvgIpc) is 3.14. The fraction of sp³-hybridized carbons (Fsp3) is 0.300. The first-order chi connectivity index (χ1) is 12.7. The molecule has 0 saturated heterocycles. The number of aldehydes is 1. The number of fused-ring (bicyclic) bond motifs is 1. The zero-order chi connectivity index (χ0) is 18.5. The van der Waals surface area contributed by atoms with E-state index in [1.165, 1.54) is 0 Å². The molecule has 6 nitrogen and oxygen atoms in total. The fourth-order valence-electron chi connectivity index (χ4n) is 3.05. The highest BCUT2D eigenvalue weighted by molar-refractivity contribution is 5.85. The molecule has 0 amide bonds. The Morgan fingerprint density at radius 1 is 1.15 bits per heavy atom. The first-order valence-corrected chi connectivity index (χ1v) is 8.48. The second-order valence-electron chi connectivity index (χ2n) is 5.95. The third kappa shape index (κ3) is 3.55. The summed E-state index contributed by atoms with van der Waals surface area (Å²) in [6.07, 6.45) is 0.781. The molecule has 2 unspecified atom stereocenters. The molecular weight excluding hydrogens is 334 g/mol. The number of ether oxygens (including phenoxy) is 3. The van der Waals surface area contributed by atoms with Gasteiger partial charge in [0.25, 0.3) is 0 Å². The minimum Gasteiger partial charge on any atom is -0.465 e. The zero-order valence-electron chi connectivity index (χ0n) is 14.5. The second kappa shape index (κ2) is 8.01. The van der Waals surface area contributed by atoms with Crippen molar-refractivity contribution in [3.63, 3.8) is 0 Å². The molecule has 2 aromatic rings. The van der Waals surface area contributed by atoms with Crippen LogP contribution in [0.3, 0.4) is 0 Å². The van der Waals surface area contributed by atoms with E-state index < -0.39 is 17.8 Å². The van der Waals surface area contributed by atoms with Crippen molar-refractivity contribution in [3.05, 3.63) is 59.2 Å². The number of hydrogen-bond donors (Lipinski definition) is 1. The number of rotatable bonds is 7. The standard InChI is InChI=1S/C20H21NO5/c1-2-24-20(23)19(15-7-8-17-18(9-15)26-12-25-17)16(11-22)14-5-3-13(10-21)4-6-14/h3-9,11,16,19H,2,10,12,21H2,1H3. The lowest BCUT2D eigenvalue weighted by Crippen LogP contribution is -2.24. The summed E-state index contributed by atoms with van der Waals surface area (Å²) >= 11 is 0. The lowest BCUT2D eigenvalue weighted by atomic mass is 9.82. The number of hydrogen-bond acceptors (Lipinski definition) is 6. The Morgan fingerprint density at radius 3 is 2.50 bits per heavy atom. The molecule has 1 heterocycles. The van der Waals surface area contributed by atoms with Gasteiger partial charge >= 0.3 is 5.97 Å². The lowest BCUT2D eigenvalue weighted by molar-refractivity contribution is -0.146. The maximum absolute atomic E-state index is 12.7. The molecule has 0 aliphatic carbocycles. The summed E-state index contributed by atoms with van der Waals surface area (Å²) in [7, 11) is 0. The monoisotopic (exact) mass is 355 g/mol. The van der Waals surface area contributed by atoms with Crippen LogP contribution >= 0.6 is 0 Å². The van der Waals surface area contributed by atoms with E-state index in [4.69, 9.17) is 19.9 Å². The zero-order valence-corrected chi connectivity index (χ0v) is 14.5. The van der Waals surface area contributed by atoms with E-state index >= 15 is 0 Å². The molecule has 2 aromatic carbocycles. The van der Waals surface area contributed by atoms with Crippen LogP contribution in [-0.4, -0.2) is 25.7 Å². The van der Waals surface area contributed by atoms with Crippen molar-refractivity contribution >= 4 is 12.3 Å². The van der Waals surface area contributed by atoms with Gasteiger partial charge in [-0.25, -0.2) is 0 Å². The van der Waals surface area contributed by atoms with Gasteiger partial charge in [0, 0.05) is 6.54 Å². The van der Waals surface area contributed by atoms with Crippen LogP contribution in [0.4, 0.5) is 0 Å². The van der Waals surface area contributed by atoms with Gasteiger partial charge in [0.1, 0.15) is 6.29 Å². The maximum atomic E-state index is 12.7. The Hall–Kier alpha value is -2.86. The SMILES string of the molecule is CCOC(=O)C(c1ccc2c(c1)OCO2)C(C=O)c1ccc(CN)cc1. The van der Waals surface area contributed by atoms with Crippen molar-refractivity contribution in [3.8, 4) is 11.5 Å².